The molecule has 0 unspecified atom stereocenters. The van der Waals surface area contributed by atoms with Crippen molar-refractivity contribution in [3.05, 3.63) is 42.0 Å². The number of ether oxygens (including phenoxy) is 1. The first-order valence-electron chi connectivity index (χ1n) is 8.63. The van der Waals surface area contributed by atoms with Crippen LogP contribution in [0.2, 0.25) is 0 Å². The van der Waals surface area contributed by atoms with Gasteiger partial charge in [0.25, 0.3) is 5.91 Å². The van der Waals surface area contributed by atoms with Gasteiger partial charge >= 0.3 is 0 Å². The Hall–Kier alpha value is -2.41. The largest absolute Gasteiger partial charge is 0.484 e. The van der Waals surface area contributed by atoms with Crippen LogP contribution in [0, 0.1) is 6.92 Å². The summed E-state index contributed by atoms with van der Waals surface area (Å²) in [6, 6.07) is 9.46. The van der Waals surface area contributed by atoms with Crippen molar-refractivity contribution >= 4 is 5.91 Å². The third-order valence-corrected chi connectivity index (χ3v) is 4.44. The molecule has 1 amide bonds. The second-order valence-electron chi connectivity index (χ2n) is 6.23. The van der Waals surface area contributed by atoms with E-state index in [0.29, 0.717) is 24.0 Å². The maximum atomic E-state index is 12.4. The molecule has 2 aromatic rings. The van der Waals surface area contributed by atoms with Crippen molar-refractivity contribution in [1.29, 1.82) is 0 Å². The van der Waals surface area contributed by atoms with E-state index in [4.69, 9.17) is 9.26 Å². The predicted molar refractivity (Wildman–Crippen MR) is 92.2 cm³/mol. The lowest BCUT2D eigenvalue weighted by atomic mass is 10.2. The maximum absolute atomic E-state index is 12.4. The molecule has 1 aromatic carbocycles. The molecule has 7 heteroatoms. The molecule has 1 saturated heterocycles. The van der Waals surface area contributed by atoms with Gasteiger partial charge in [0.15, 0.2) is 12.4 Å². The Balaban J connectivity index is 1.51. The highest BCUT2D eigenvalue weighted by atomic mass is 16.5. The van der Waals surface area contributed by atoms with Crippen LogP contribution in [-0.4, -0.2) is 58.6 Å². The zero-order valence-corrected chi connectivity index (χ0v) is 14.7. The molecule has 0 saturated carbocycles. The molecule has 2 heterocycles. The van der Waals surface area contributed by atoms with Crippen LogP contribution in [0.15, 0.2) is 34.9 Å². The molecule has 3 rings (SSSR count). The molecule has 25 heavy (non-hydrogen) atoms. The molecule has 0 spiro atoms. The molecule has 1 aliphatic rings. The number of nitrogens with zero attached hydrogens (tertiary/aromatic N) is 4. The number of hydrogen-bond acceptors (Lipinski definition) is 6. The highest BCUT2D eigenvalue weighted by molar-refractivity contribution is 5.77. The molecule has 0 N–H and O–H groups in total. The van der Waals surface area contributed by atoms with Gasteiger partial charge in [-0.2, -0.15) is 4.98 Å². The number of carbonyl (C=O) groups is 1. The van der Waals surface area contributed by atoms with Crippen LogP contribution in [0.5, 0.6) is 5.75 Å². The topological polar surface area (TPSA) is 71.7 Å². The number of aromatic nitrogens is 2. The molecular weight excluding hydrogens is 320 g/mol. The second kappa shape index (κ2) is 8.11. The summed E-state index contributed by atoms with van der Waals surface area (Å²) in [4.78, 5) is 20.9. The van der Waals surface area contributed by atoms with Crippen LogP contribution >= 0.6 is 0 Å². The summed E-state index contributed by atoms with van der Waals surface area (Å²) < 4.78 is 10.8. The van der Waals surface area contributed by atoms with Crippen LogP contribution in [0.1, 0.15) is 31.1 Å². The third-order valence-electron chi connectivity index (χ3n) is 4.44. The van der Waals surface area contributed by atoms with Gasteiger partial charge in [-0.05, 0) is 32.4 Å². The first-order valence-corrected chi connectivity index (χ1v) is 8.63. The summed E-state index contributed by atoms with van der Waals surface area (Å²) >= 11 is 0. The number of aryl methyl sites for hydroxylation is 1. The fourth-order valence-corrected chi connectivity index (χ4v) is 2.97. The Kier molecular flexibility index (Phi) is 5.65. The van der Waals surface area contributed by atoms with Gasteiger partial charge in [-0.15, -0.1) is 0 Å². The summed E-state index contributed by atoms with van der Waals surface area (Å²) in [5.41, 5.74) is 0. The van der Waals surface area contributed by atoms with Gasteiger partial charge in [-0.3, -0.25) is 9.69 Å². The van der Waals surface area contributed by atoms with E-state index < -0.39 is 0 Å². The average Bonchev–Trinajstić information content (AvgIpc) is 2.92. The first kappa shape index (κ1) is 17.4. The molecule has 0 bridgehead atoms. The van der Waals surface area contributed by atoms with E-state index in [2.05, 4.69) is 22.0 Å². The van der Waals surface area contributed by atoms with E-state index in [1.54, 1.807) is 0 Å². The van der Waals surface area contributed by atoms with Gasteiger partial charge in [-0.25, -0.2) is 0 Å². The van der Waals surface area contributed by atoms with E-state index in [1.165, 1.54) is 0 Å². The molecule has 1 fully saturated rings. The monoisotopic (exact) mass is 344 g/mol. The average molecular weight is 344 g/mol. The Labute approximate surface area is 147 Å². The number of benzene rings is 1. The van der Waals surface area contributed by atoms with E-state index in [0.717, 1.165) is 26.1 Å². The maximum Gasteiger partial charge on any atom is 0.260 e. The Morgan fingerprint density at radius 1 is 1.24 bits per heavy atom. The van der Waals surface area contributed by atoms with E-state index in [9.17, 15) is 4.79 Å². The van der Waals surface area contributed by atoms with Crippen LogP contribution < -0.4 is 4.74 Å². The highest BCUT2D eigenvalue weighted by Crippen LogP contribution is 2.20. The fraction of sp³-hybridized carbons (Fsp3) is 0.500. The van der Waals surface area contributed by atoms with Crippen LogP contribution in [-0.2, 0) is 4.79 Å². The third kappa shape index (κ3) is 4.57. The van der Waals surface area contributed by atoms with E-state index >= 15 is 0 Å². The Morgan fingerprint density at radius 3 is 2.76 bits per heavy atom. The molecular formula is C18H24N4O3. The van der Waals surface area contributed by atoms with Gasteiger partial charge in [-0.1, -0.05) is 23.4 Å². The zero-order valence-electron chi connectivity index (χ0n) is 14.7. The minimum Gasteiger partial charge on any atom is -0.484 e. The molecule has 1 aromatic heterocycles. The van der Waals surface area contributed by atoms with Crippen molar-refractivity contribution in [3.8, 4) is 5.75 Å². The fourth-order valence-electron chi connectivity index (χ4n) is 2.97. The van der Waals surface area contributed by atoms with Crippen LogP contribution in [0.25, 0.3) is 0 Å². The SMILES string of the molecule is Cc1noc([C@@H](C)N2CCCN(C(=O)COc3ccccc3)CC2)n1. The Morgan fingerprint density at radius 2 is 2.04 bits per heavy atom. The number of amides is 1. The summed E-state index contributed by atoms with van der Waals surface area (Å²) in [5.74, 6) is 2.01. The standard InChI is InChI=1S/C18H24N4O3/c1-14(18-19-15(2)20-25-18)21-9-6-10-22(12-11-21)17(23)13-24-16-7-4-3-5-8-16/h3-5,7-8,14H,6,9-13H2,1-2H3/t14-/m1/s1. The number of carbonyl (C=O) groups excluding carboxylic acids is 1. The number of para-hydroxylation sites is 1. The summed E-state index contributed by atoms with van der Waals surface area (Å²) in [6.45, 7) is 7.03. The molecule has 0 radical (unpaired) electrons. The van der Waals surface area contributed by atoms with Crippen molar-refractivity contribution in [3.63, 3.8) is 0 Å². The minimum absolute atomic E-state index is 0.0204. The second-order valence-corrected chi connectivity index (χ2v) is 6.23. The molecule has 7 nitrogen and oxygen atoms in total. The van der Waals surface area contributed by atoms with Gasteiger partial charge in [0.2, 0.25) is 5.89 Å². The van der Waals surface area contributed by atoms with E-state index in [-0.39, 0.29) is 18.6 Å². The van der Waals surface area contributed by atoms with Crippen LogP contribution in [0.3, 0.4) is 0 Å². The van der Waals surface area contributed by atoms with Crippen molar-refractivity contribution < 1.29 is 14.1 Å². The smallest absolute Gasteiger partial charge is 0.260 e. The lowest BCUT2D eigenvalue weighted by Gasteiger charge is -2.25. The first-order chi connectivity index (χ1) is 12.1. The Bertz CT molecular complexity index is 689. The highest BCUT2D eigenvalue weighted by Gasteiger charge is 2.25. The predicted octanol–water partition coefficient (Wildman–Crippen LogP) is 2.05. The van der Waals surface area contributed by atoms with Crippen molar-refractivity contribution in [2.45, 2.75) is 26.3 Å². The molecule has 134 valence electrons. The summed E-state index contributed by atoms with van der Waals surface area (Å²) in [5, 5.41) is 3.86. The molecule has 1 atom stereocenters. The van der Waals surface area contributed by atoms with Crippen molar-refractivity contribution in [2.75, 3.05) is 32.8 Å². The summed E-state index contributed by atoms with van der Waals surface area (Å²) in [7, 11) is 0. The summed E-state index contributed by atoms with van der Waals surface area (Å²) in [6.07, 6.45) is 0.911. The van der Waals surface area contributed by atoms with E-state index in [1.807, 2.05) is 42.2 Å². The van der Waals surface area contributed by atoms with Crippen molar-refractivity contribution in [2.24, 2.45) is 0 Å². The van der Waals surface area contributed by atoms with Crippen LogP contribution in [0.4, 0.5) is 0 Å². The van der Waals surface area contributed by atoms with Gasteiger partial charge < -0.3 is 14.2 Å². The van der Waals surface area contributed by atoms with Gasteiger partial charge in [0.1, 0.15) is 5.75 Å². The normalized spacial score (nSPS) is 17.1. The van der Waals surface area contributed by atoms with Crippen molar-refractivity contribution in [1.82, 2.24) is 19.9 Å². The lowest BCUT2D eigenvalue weighted by molar-refractivity contribution is -0.133. The quantitative estimate of drug-likeness (QED) is 0.827. The van der Waals surface area contributed by atoms with Gasteiger partial charge in [0, 0.05) is 26.2 Å². The zero-order chi connectivity index (χ0) is 17.6. The number of rotatable bonds is 5. The molecule has 1 aliphatic heterocycles. The minimum atomic E-state index is 0.0204. The molecule has 0 aliphatic carbocycles. The number of hydrogen-bond donors (Lipinski definition) is 0. The lowest BCUT2D eigenvalue weighted by Crippen LogP contribution is -2.38. The van der Waals surface area contributed by atoms with Gasteiger partial charge in [0.05, 0.1) is 6.04 Å².